The van der Waals surface area contributed by atoms with Gasteiger partial charge < -0.3 is 10.1 Å². The Bertz CT molecular complexity index is 299. The van der Waals surface area contributed by atoms with Crippen molar-refractivity contribution in [3.05, 3.63) is 15.6 Å². The Kier molecular flexibility index (Phi) is 6.61. The Balaban J connectivity index is 2.51. The molecule has 0 fully saturated rings. The van der Waals surface area contributed by atoms with Crippen molar-refractivity contribution in [1.82, 2.24) is 10.3 Å². The minimum atomic E-state index is 0.766. The molecular formula is C12H22N2OS. The molecule has 0 unspecified atom stereocenters. The number of hydrogen-bond donors (Lipinski definition) is 1. The summed E-state index contributed by atoms with van der Waals surface area (Å²) < 4.78 is 5.01. The van der Waals surface area contributed by atoms with Crippen molar-refractivity contribution in [3.8, 4) is 0 Å². The lowest BCUT2D eigenvalue weighted by atomic mass is 10.2. The number of ether oxygens (including phenoxy) is 1. The fourth-order valence-electron chi connectivity index (χ4n) is 1.53. The fourth-order valence-corrected chi connectivity index (χ4v) is 2.56. The van der Waals surface area contributed by atoms with E-state index in [0.717, 1.165) is 39.0 Å². The van der Waals surface area contributed by atoms with Crippen LogP contribution < -0.4 is 5.32 Å². The molecular weight excluding hydrogens is 220 g/mol. The molecule has 0 aliphatic rings. The molecule has 0 saturated carbocycles. The van der Waals surface area contributed by atoms with Crippen LogP contribution in [0.1, 0.15) is 35.8 Å². The topological polar surface area (TPSA) is 34.2 Å². The van der Waals surface area contributed by atoms with E-state index in [1.165, 1.54) is 15.6 Å². The lowest BCUT2D eigenvalue weighted by molar-refractivity contribution is 0.199. The van der Waals surface area contributed by atoms with Crippen molar-refractivity contribution in [3.63, 3.8) is 0 Å². The van der Waals surface area contributed by atoms with Crippen LogP contribution in [0.5, 0.6) is 0 Å². The van der Waals surface area contributed by atoms with E-state index >= 15 is 0 Å². The third-order valence-electron chi connectivity index (χ3n) is 2.38. The molecule has 16 heavy (non-hydrogen) atoms. The highest BCUT2D eigenvalue weighted by Gasteiger charge is 2.08. The fraction of sp³-hybridized carbons (Fsp3) is 0.750. The van der Waals surface area contributed by atoms with Crippen LogP contribution in [0.25, 0.3) is 0 Å². The van der Waals surface area contributed by atoms with E-state index in [0.29, 0.717) is 0 Å². The average Bonchev–Trinajstić information content (AvgIpc) is 2.68. The molecule has 0 radical (unpaired) electrons. The van der Waals surface area contributed by atoms with Gasteiger partial charge in [-0.05, 0) is 12.8 Å². The van der Waals surface area contributed by atoms with E-state index in [-0.39, 0.29) is 0 Å². The molecule has 0 spiro atoms. The van der Waals surface area contributed by atoms with E-state index in [1.54, 1.807) is 7.11 Å². The molecule has 4 heteroatoms. The quantitative estimate of drug-likeness (QED) is 0.711. The Labute approximate surface area is 102 Å². The van der Waals surface area contributed by atoms with Gasteiger partial charge in [0, 0.05) is 25.1 Å². The molecule has 1 aromatic heterocycles. The molecule has 0 aliphatic carbocycles. The smallest absolute Gasteiger partial charge is 0.0928 e. The molecule has 3 nitrogen and oxygen atoms in total. The number of hydrogen-bond acceptors (Lipinski definition) is 4. The zero-order valence-electron chi connectivity index (χ0n) is 10.5. The second-order valence-corrected chi connectivity index (χ2v) is 4.92. The van der Waals surface area contributed by atoms with Gasteiger partial charge >= 0.3 is 0 Å². The van der Waals surface area contributed by atoms with E-state index in [9.17, 15) is 0 Å². The van der Waals surface area contributed by atoms with Crippen molar-refractivity contribution >= 4 is 11.3 Å². The van der Waals surface area contributed by atoms with Gasteiger partial charge in [0.2, 0.25) is 0 Å². The van der Waals surface area contributed by atoms with Gasteiger partial charge in [-0.3, -0.25) is 0 Å². The number of methoxy groups -OCH3 is 1. The van der Waals surface area contributed by atoms with Crippen LogP contribution in [-0.4, -0.2) is 25.2 Å². The molecule has 0 bridgehead atoms. The average molecular weight is 242 g/mol. The molecule has 0 aromatic carbocycles. The monoisotopic (exact) mass is 242 g/mol. The third kappa shape index (κ3) is 4.20. The van der Waals surface area contributed by atoms with Crippen molar-refractivity contribution in [2.45, 2.75) is 39.7 Å². The van der Waals surface area contributed by atoms with Crippen LogP contribution in [-0.2, 0) is 24.1 Å². The van der Waals surface area contributed by atoms with Gasteiger partial charge in [0.1, 0.15) is 0 Å². The van der Waals surface area contributed by atoms with E-state index < -0.39 is 0 Å². The van der Waals surface area contributed by atoms with Crippen LogP contribution >= 0.6 is 11.3 Å². The number of nitrogens with zero attached hydrogens (tertiary/aromatic N) is 1. The summed E-state index contributed by atoms with van der Waals surface area (Å²) in [6, 6.07) is 0. The summed E-state index contributed by atoms with van der Waals surface area (Å²) in [7, 11) is 1.73. The van der Waals surface area contributed by atoms with Crippen LogP contribution in [0.15, 0.2) is 0 Å². The lowest BCUT2D eigenvalue weighted by Gasteiger charge is -2.03. The van der Waals surface area contributed by atoms with Crippen LogP contribution in [0.3, 0.4) is 0 Å². The highest BCUT2D eigenvalue weighted by molar-refractivity contribution is 7.11. The Morgan fingerprint density at radius 1 is 1.38 bits per heavy atom. The molecule has 0 aliphatic heterocycles. The summed E-state index contributed by atoms with van der Waals surface area (Å²) in [6.07, 6.45) is 3.30. The van der Waals surface area contributed by atoms with E-state index in [2.05, 4.69) is 24.1 Å². The zero-order valence-corrected chi connectivity index (χ0v) is 11.3. The Hall–Kier alpha value is -0.450. The molecule has 0 amide bonds. The van der Waals surface area contributed by atoms with Crippen molar-refractivity contribution in [2.24, 2.45) is 0 Å². The predicted molar refractivity (Wildman–Crippen MR) is 69.1 cm³/mol. The molecule has 92 valence electrons. The maximum absolute atomic E-state index is 5.01. The molecule has 0 saturated heterocycles. The Morgan fingerprint density at radius 2 is 2.19 bits per heavy atom. The highest BCUT2D eigenvalue weighted by Crippen LogP contribution is 2.20. The van der Waals surface area contributed by atoms with Gasteiger partial charge in [-0.1, -0.05) is 20.3 Å². The second kappa shape index (κ2) is 7.76. The SMILES string of the molecule is CCCc1nc(CC)sc1CNCCOC. The molecule has 1 aromatic rings. The maximum Gasteiger partial charge on any atom is 0.0928 e. The van der Waals surface area contributed by atoms with E-state index in [1.807, 2.05) is 11.3 Å². The molecule has 1 heterocycles. The largest absolute Gasteiger partial charge is 0.383 e. The number of aromatic nitrogens is 1. The van der Waals surface area contributed by atoms with Crippen LogP contribution in [0, 0.1) is 0 Å². The summed E-state index contributed by atoms with van der Waals surface area (Å²) in [5.41, 5.74) is 1.29. The van der Waals surface area contributed by atoms with Gasteiger partial charge in [0.25, 0.3) is 0 Å². The second-order valence-electron chi connectivity index (χ2n) is 3.75. The van der Waals surface area contributed by atoms with Gasteiger partial charge in [-0.15, -0.1) is 11.3 Å². The minimum Gasteiger partial charge on any atom is -0.383 e. The van der Waals surface area contributed by atoms with Crippen LogP contribution in [0.2, 0.25) is 0 Å². The van der Waals surface area contributed by atoms with Gasteiger partial charge in [-0.25, -0.2) is 4.98 Å². The van der Waals surface area contributed by atoms with Gasteiger partial charge in [0.05, 0.1) is 17.3 Å². The summed E-state index contributed by atoms with van der Waals surface area (Å²) >= 11 is 1.84. The number of nitrogens with one attached hydrogen (secondary N) is 1. The summed E-state index contributed by atoms with van der Waals surface area (Å²) in [5.74, 6) is 0. The normalized spacial score (nSPS) is 10.9. The van der Waals surface area contributed by atoms with E-state index in [4.69, 9.17) is 4.74 Å². The zero-order chi connectivity index (χ0) is 11.8. The lowest BCUT2D eigenvalue weighted by Crippen LogP contribution is -2.18. The molecule has 1 rings (SSSR count). The highest BCUT2D eigenvalue weighted by atomic mass is 32.1. The first-order chi connectivity index (χ1) is 7.81. The summed E-state index contributed by atoms with van der Waals surface area (Å²) in [4.78, 5) is 6.06. The Morgan fingerprint density at radius 3 is 2.81 bits per heavy atom. The van der Waals surface area contributed by atoms with Gasteiger partial charge in [-0.2, -0.15) is 0 Å². The van der Waals surface area contributed by atoms with Gasteiger partial charge in [0.15, 0.2) is 0 Å². The van der Waals surface area contributed by atoms with Crippen molar-refractivity contribution < 1.29 is 4.74 Å². The van der Waals surface area contributed by atoms with Crippen molar-refractivity contribution in [2.75, 3.05) is 20.3 Å². The van der Waals surface area contributed by atoms with Crippen LogP contribution in [0.4, 0.5) is 0 Å². The third-order valence-corrected chi connectivity index (χ3v) is 3.62. The number of rotatable bonds is 8. The maximum atomic E-state index is 5.01. The molecule has 1 N–H and O–H groups in total. The summed E-state index contributed by atoms with van der Waals surface area (Å²) in [6.45, 7) is 6.96. The number of thiazole rings is 1. The molecule has 0 atom stereocenters. The van der Waals surface area contributed by atoms with Crippen molar-refractivity contribution in [1.29, 1.82) is 0 Å². The predicted octanol–water partition coefficient (Wildman–Crippen LogP) is 2.39. The number of aryl methyl sites for hydroxylation is 2. The minimum absolute atomic E-state index is 0.766. The first kappa shape index (κ1) is 13.6. The standard InChI is InChI=1S/C12H22N2OS/c1-4-6-10-11(9-13-7-8-15-3)16-12(5-2)14-10/h13H,4-9H2,1-3H3. The first-order valence-corrected chi connectivity index (χ1v) is 6.80. The summed E-state index contributed by atoms with van der Waals surface area (Å²) in [5, 5.41) is 4.64. The first-order valence-electron chi connectivity index (χ1n) is 5.98.